The Morgan fingerprint density at radius 1 is 0.839 bits per heavy atom. The summed E-state index contributed by atoms with van der Waals surface area (Å²) in [5.41, 5.74) is 4.17. The molecule has 0 aromatic heterocycles. The minimum Gasteiger partial charge on any atom is -0.492 e. The van der Waals surface area contributed by atoms with Crippen LogP contribution in [0.1, 0.15) is 23.6 Å². The highest BCUT2D eigenvalue weighted by Gasteiger charge is 2.41. The minimum absolute atomic E-state index is 0.0148. The Labute approximate surface area is 180 Å². The molecule has 0 fully saturated rings. The van der Waals surface area contributed by atoms with E-state index in [0.717, 1.165) is 45.5 Å². The zero-order valence-corrected chi connectivity index (χ0v) is 16.9. The van der Waals surface area contributed by atoms with Crippen LogP contribution in [0.15, 0.2) is 96.1 Å². The maximum Gasteiger partial charge on any atom is 0.136 e. The molecule has 0 saturated carbocycles. The van der Waals surface area contributed by atoms with Crippen LogP contribution in [-0.4, -0.2) is 12.3 Å². The topological polar surface area (TPSA) is 24.8 Å². The normalized spacial score (nSPS) is 19.9. The molecule has 31 heavy (non-hydrogen) atoms. The number of halogens is 1. The van der Waals surface area contributed by atoms with E-state index in [9.17, 15) is 4.39 Å². The van der Waals surface area contributed by atoms with Gasteiger partial charge in [0.05, 0.1) is 24.0 Å². The number of anilines is 1. The van der Waals surface area contributed by atoms with Gasteiger partial charge in [0.1, 0.15) is 11.6 Å². The van der Waals surface area contributed by atoms with E-state index in [-0.39, 0.29) is 17.8 Å². The predicted molar refractivity (Wildman–Crippen MR) is 122 cm³/mol. The van der Waals surface area contributed by atoms with E-state index in [2.05, 4.69) is 41.4 Å². The molecule has 0 bridgehead atoms. The third kappa shape index (κ3) is 2.98. The summed E-state index contributed by atoms with van der Waals surface area (Å²) in [6.07, 6.45) is 0.840. The molecule has 0 N–H and O–H groups in total. The number of para-hydroxylation sites is 1. The second-order valence-corrected chi connectivity index (χ2v) is 8.07. The fourth-order valence-corrected chi connectivity index (χ4v) is 4.84. The van der Waals surface area contributed by atoms with Crippen molar-refractivity contribution in [1.29, 1.82) is 0 Å². The first kappa shape index (κ1) is 18.1. The molecular formula is C27H21FN2O. The summed E-state index contributed by atoms with van der Waals surface area (Å²) >= 11 is 0. The van der Waals surface area contributed by atoms with Gasteiger partial charge in [-0.05, 0) is 47.7 Å². The molecular weight excluding hydrogens is 387 g/mol. The quantitative estimate of drug-likeness (QED) is 0.386. The van der Waals surface area contributed by atoms with Crippen LogP contribution in [0.25, 0.3) is 10.8 Å². The number of fused-ring (bicyclic) bond motifs is 5. The van der Waals surface area contributed by atoms with Crippen LogP contribution in [0.2, 0.25) is 0 Å². The van der Waals surface area contributed by atoms with Crippen molar-refractivity contribution < 1.29 is 9.13 Å². The van der Waals surface area contributed by atoms with Crippen LogP contribution in [0, 0.1) is 11.7 Å². The third-order valence-electron chi connectivity index (χ3n) is 6.27. The van der Waals surface area contributed by atoms with E-state index in [4.69, 9.17) is 9.84 Å². The highest BCUT2D eigenvalue weighted by atomic mass is 19.1. The molecule has 2 aliphatic rings. The van der Waals surface area contributed by atoms with Crippen LogP contribution in [0.3, 0.4) is 0 Å². The van der Waals surface area contributed by atoms with Gasteiger partial charge in [-0.1, -0.05) is 60.7 Å². The average Bonchev–Trinajstić information content (AvgIpc) is 3.09. The van der Waals surface area contributed by atoms with Crippen molar-refractivity contribution in [2.24, 2.45) is 11.0 Å². The molecule has 0 amide bonds. The number of hydrogen-bond acceptors (Lipinski definition) is 3. The van der Waals surface area contributed by atoms with Crippen LogP contribution in [0.4, 0.5) is 10.1 Å². The fourth-order valence-electron chi connectivity index (χ4n) is 4.84. The van der Waals surface area contributed by atoms with E-state index in [0.29, 0.717) is 6.61 Å². The van der Waals surface area contributed by atoms with E-state index < -0.39 is 0 Å². The number of benzene rings is 4. The number of hydrogen-bond donors (Lipinski definition) is 0. The van der Waals surface area contributed by atoms with Crippen molar-refractivity contribution in [3.8, 4) is 5.75 Å². The van der Waals surface area contributed by atoms with Gasteiger partial charge in [-0.2, -0.15) is 5.10 Å². The lowest BCUT2D eigenvalue weighted by molar-refractivity contribution is 0.298. The second kappa shape index (κ2) is 7.24. The number of ether oxygens (including phenoxy) is 1. The lowest BCUT2D eigenvalue weighted by atomic mass is 9.84. The first-order chi connectivity index (χ1) is 15.3. The Kier molecular flexibility index (Phi) is 4.23. The zero-order chi connectivity index (χ0) is 20.8. The van der Waals surface area contributed by atoms with Crippen molar-refractivity contribution in [2.45, 2.75) is 12.5 Å². The van der Waals surface area contributed by atoms with Gasteiger partial charge < -0.3 is 4.74 Å². The van der Waals surface area contributed by atoms with Gasteiger partial charge in [0.15, 0.2) is 0 Å². The van der Waals surface area contributed by atoms with E-state index in [1.165, 1.54) is 12.1 Å². The number of nitrogens with zero attached hydrogens (tertiary/aromatic N) is 2. The summed E-state index contributed by atoms with van der Waals surface area (Å²) in [6.45, 7) is 0.616. The van der Waals surface area contributed by atoms with Crippen molar-refractivity contribution >= 4 is 22.2 Å². The monoisotopic (exact) mass is 408 g/mol. The van der Waals surface area contributed by atoms with Crippen molar-refractivity contribution in [1.82, 2.24) is 0 Å². The van der Waals surface area contributed by atoms with Crippen LogP contribution < -0.4 is 9.75 Å². The molecule has 4 aromatic rings. The van der Waals surface area contributed by atoms with Crippen LogP contribution in [0.5, 0.6) is 5.75 Å². The smallest absolute Gasteiger partial charge is 0.136 e. The van der Waals surface area contributed by atoms with Gasteiger partial charge in [-0.15, -0.1) is 0 Å². The highest BCUT2D eigenvalue weighted by molar-refractivity contribution is 6.11. The van der Waals surface area contributed by atoms with E-state index >= 15 is 0 Å². The Bertz CT molecular complexity index is 1280. The summed E-state index contributed by atoms with van der Waals surface area (Å²) < 4.78 is 20.0. The lowest BCUT2D eigenvalue weighted by Crippen LogP contribution is -2.26. The maximum absolute atomic E-state index is 13.7. The fraction of sp³-hybridized carbons (Fsp3) is 0.148. The van der Waals surface area contributed by atoms with Gasteiger partial charge in [0, 0.05) is 16.9 Å². The molecule has 6 rings (SSSR count). The summed E-state index contributed by atoms with van der Waals surface area (Å²) in [5, 5.41) is 9.51. The largest absolute Gasteiger partial charge is 0.492 e. The standard InChI is InChI=1S/C27H21FN2O/c28-20-13-10-19(11-14-20)26-23-16-17-31-27-22-9-5-4-6-18(22)12-15-24(27)25(23)29-30(26)21-7-2-1-3-8-21/h1-15,23,26H,16-17H2. The number of hydrazone groups is 1. The summed E-state index contributed by atoms with van der Waals surface area (Å²) in [4.78, 5) is 0. The van der Waals surface area contributed by atoms with Gasteiger partial charge in [0.25, 0.3) is 0 Å². The highest BCUT2D eigenvalue weighted by Crippen LogP contribution is 2.46. The van der Waals surface area contributed by atoms with Crippen molar-refractivity contribution in [3.05, 3.63) is 108 Å². The molecule has 4 aromatic carbocycles. The first-order valence-corrected chi connectivity index (χ1v) is 10.6. The molecule has 4 heteroatoms. The molecule has 0 aliphatic carbocycles. The van der Waals surface area contributed by atoms with Gasteiger partial charge >= 0.3 is 0 Å². The summed E-state index contributed by atoms with van der Waals surface area (Å²) in [7, 11) is 0. The molecule has 2 aliphatic heterocycles. The van der Waals surface area contributed by atoms with E-state index in [1.807, 2.05) is 42.5 Å². The molecule has 0 spiro atoms. The van der Waals surface area contributed by atoms with E-state index in [1.54, 1.807) is 0 Å². The molecule has 152 valence electrons. The molecule has 2 heterocycles. The lowest BCUT2D eigenvalue weighted by Gasteiger charge is -2.28. The predicted octanol–water partition coefficient (Wildman–Crippen LogP) is 6.34. The van der Waals surface area contributed by atoms with Gasteiger partial charge in [0.2, 0.25) is 0 Å². The Morgan fingerprint density at radius 3 is 2.45 bits per heavy atom. The molecule has 0 saturated heterocycles. The molecule has 3 nitrogen and oxygen atoms in total. The summed E-state index contributed by atoms with van der Waals surface area (Å²) in [6, 6.07) is 29.6. The van der Waals surface area contributed by atoms with Gasteiger partial charge in [-0.25, -0.2) is 4.39 Å². The average molecular weight is 408 g/mol. The van der Waals surface area contributed by atoms with Crippen LogP contribution >= 0.6 is 0 Å². The van der Waals surface area contributed by atoms with Crippen molar-refractivity contribution in [2.75, 3.05) is 11.6 Å². The minimum atomic E-state index is -0.227. The third-order valence-corrected chi connectivity index (χ3v) is 6.27. The SMILES string of the molecule is Fc1ccc(C2C3CCOc4c(ccc5ccccc45)C3=NN2c2ccccc2)cc1. The Morgan fingerprint density at radius 2 is 1.61 bits per heavy atom. The summed E-state index contributed by atoms with van der Waals surface area (Å²) in [5.74, 6) is 0.829. The maximum atomic E-state index is 13.7. The van der Waals surface area contributed by atoms with Crippen LogP contribution in [-0.2, 0) is 0 Å². The Hall–Kier alpha value is -3.66. The van der Waals surface area contributed by atoms with Gasteiger partial charge in [-0.3, -0.25) is 5.01 Å². The number of rotatable bonds is 2. The Balaban J connectivity index is 1.54. The second-order valence-electron chi connectivity index (χ2n) is 8.07. The van der Waals surface area contributed by atoms with Crippen molar-refractivity contribution in [3.63, 3.8) is 0 Å². The molecule has 2 unspecified atom stereocenters. The molecule has 2 atom stereocenters. The molecule has 0 radical (unpaired) electrons. The first-order valence-electron chi connectivity index (χ1n) is 10.6. The zero-order valence-electron chi connectivity index (χ0n) is 16.9.